The molecule has 164 valence electrons. The first kappa shape index (κ1) is 21.1. The van der Waals surface area contributed by atoms with E-state index in [0.29, 0.717) is 37.4 Å². The van der Waals surface area contributed by atoms with E-state index in [0.717, 1.165) is 15.9 Å². The average Bonchev–Trinajstić information content (AvgIpc) is 3.39. The van der Waals surface area contributed by atoms with Crippen LogP contribution < -0.4 is 11.2 Å². The molecular formula is C22H14ClFN6O2S. The normalized spacial score (nSPS) is 11.3. The summed E-state index contributed by atoms with van der Waals surface area (Å²) in [6.07, 6.45) is 4.65. The maximum absolute atomic E-state index is 13.6. The molecule has 1 aromatic carbocycles. The molecule has 0 saturated heterocycles. The van der Waals surface area contributed by atoms with Crippen LogP contribution in [0.1, 0.15) is 6.42 Å². The van der Waals surface area contributed by atoms with Crippen LogP contribution in [-0.4, -0.2) is 23.7 Å². The summed E-state index contributed by atoms with van der Waals surface area (Å²) in [5, 5.41) is 9.31. The van der Waals surface area contributed by atoms with Crippen molar-refractivity contribution >= 4 is 44.2 Å². The number of rotatable bonds is 4. The van der Waals surface area contributed by atoms with E-state index in [4.69, 9.17) is 16.9 Å². The fourth-order valence-electron chi connectivity index (χ4n) is 3.82. The van der Waals surface area contributed by atoms with Gasteiger partial charge in [0, 0.05) is 24.0 Å². The minimum atomic E-state index is -0.590. The van der Waals surface area contributed by atoms with Crippen LogP contribution >= 0.6 is 22.9 Å². The van der Waals surface area contributed by atoms with E-state index in [2.05, 4.69) is 9.97 Å². The third kappa shape index (κ3) is 3.33. The number of aromatic nitrogens is 5. The summed E-state index contributed by atoms with van der Waals surface area (Å²) >= 11 is 7.39. The van der Waals surface area contributed by atoms with E-state index >= 15 is 0 Å². The third-order valence-electron chi connectivity index (χ3n) is 5.31. The van der Waals surface area contributed by atoms with Crippen LogP contribution in [0.15, 0.2) is 52.6 Å². The maximum atomic E-state index is 13.6. The molecule has 4 aromatic heterocycles. The Morgan fingerprint density at radius 2 is 2.06 bits per heavy atom. The Morgan fingerprint density at radius 3 is 2.82 bits per heavy atom. The van der Waals surface area contributed by atoms with E-state index in [1.807, 2.05) is 6.07 Å². The zero-order chi connectivity index (χ0) is 23.3. The number of aryl methyl sites for hydroxylation is 2. The monoisotopic (exact) mass is 480 g/mol. The first-order chi connectivity index (χ1) is 15.9. The van der Waals surface area contributed by atoms with Crippen molar-refractivity contribution in [3.05, 3.63) is 74.7 Å². The van der Waals surface area contributed by atoms with Crippen molar-refractivity contribution in [1.29, 1.82) is 5.26 Å². The molecule has 0 bridgehead atoms. The van der Waals surface area contributed by atoms with Gasteiger partial charge in [0.25, 0.3) is 5.56 Å². The first-order valence-electron chi connectivity index (χ1n) is 9.78. The highest BCUT2D eigenvalue weighted by Crippen LogP contribution is 2.36. The molecule has 0 unspecified atom stereocenters. The van der Waals surface area contributed by atoms with Crippen LogP contribution in [-0.2, 0) is 13.6 Å². The summed E-state index contributed by atoms with van der Waals surface area (Å²) in [6, 6.07) is 7.71. The molecule has 0 N–H and O–H groups in total. The van der Waals surface area contributed by atoms with Crippen LogP contribution in [0.2, 0.25) is 5.02 Å². The molecule has 33 heavy (non-hydrogen) atoms. The minimum absolute atomic E-state index is 0.0733. The van der Waals surface area contributed by atoms with Gasteiger partial charge < -0.3 is 4.57 Å². The van der Waals surface area contributed by atoms with Crippen LogP contribution in [0.25, 0.3) is 37.4 Å². The Kier molecular flexibility index (Phi) is 5.08. The van der Waals surface area contributed by atoms with Crippen molar-refractivity contribution in [3.8, 4) is 22.2 Å². The minimum Gasteiger partial charge on any atom is -0.332 e. The van der Waals surface area contributed by atoms with E-state index in [-0.39, 0.29) is 18.0 Å². The lowest BCUT2D eigenvalue weighted by Crippen LogP contribution is -2.38. The highest BCUT2D eigenvalue weighted by atomic mass is 35.5. The van der Waals surface area contributed by atoms with Crippen LogP contribution in [0.5, 0.6) is 0 Å². The number of nitrogens with zero attached hydrogens (tertiary/aromatic N) is 6. The molecule has 4 heterocycles. The fraction of sp³-hybridized carbons (Fsp3) is 0.136. The topological polar surface area (TPSA) is 98.5 Å². The number of benzene rings is 1. The van der Waals surface area contributed by atoms with E-state index in [1.165, 1.54) is 29.0 Å². The number of pyridine rings is 1. The van der Waals surface area contributed by atoms with Crippen molar-refractivity contribution < 1.29 is 4.39 Å². The molecule has 0 saturated carbocycles. The van der Waals surface area contributed by atoms with Crippen LogP contribution in [0, 0.1) is 17.1 Å². The summed E-state index contributed by atoms with van der Waals surface area (Å²) in [4.78, 5) is 36.1. The van der Waals surface area contributed by atoms with E-state index in [9.17, 15) is 14.0 Å². The molecule has 0 fully saturated rings. The van der Waals surface area contributed by atoms with Gasteiger partial charge in [-0.25, -0.2) is 18.7 Å². The predicted octanol–water partition coefficient (Wildman–Crippen LogP) is 3.87. The molecule has 0 aliphatic rings. The molecule has 0 aliphatic carbocycles. The van der Waals surface area contributed by atoms with E-state index in [1.54, 1.807) is 30.2 Å². The summed E-state index contributed by atoms with van der Waals surface area (Å²) in [7, 11) is 1.76. The van der Waals surface area contributed by atoms with Gasteiger partial charge in [-0.2, -0.15) is 5.26 Å². The van der Waals surface area contributed by atoms with Gasteiger partial charge in [0.05, 0.1) is 53.0 Å². The standard InChI is InChI=1S/C22H14ClFN6O2S/c1-28-11-27-15-9-26-10-17(19(15)28)30-21(31)20-16(29(22(30)32)6-2-5-25)8-18(33-20)13-4-3-12(24)7-14(13)23/h3-4,7-11H,2,6H2,1H3. The van der Waals surface area contributed by atoms with Gasteiger partial charge in [-0.15, -0.1) is 11.3 Å². The first-order valence-corrected chi connectivity index (χ1v) is 11.0. The molecule has 8 nitrogen and oxygen atoms in total. The Bertz CT molecular complexity index is 1730. The Labute approximate surface area is 194 Å². The molecule has 0 aliphatic heterocycles. The van der Waals surface area contributed by atoms with E-state index < -0.39 is 17.1 Å². The lowest BCUT2D eigenvalue weighted by molar-refractivity contribution is 0.628. The van der Waals surface area contributed by atoms with Crippen molar-refractivity contribution in [2.75, 3.05) is 0 Å². The Hall–Kier alpha value is -3.81. The number of hydrogen-bond donors (Lipinski definition) is 0. The van der Waals surface area contributed by atoms with Crippen molar-refractivity contribution in [1.82, 2.24) is 23.7 Å². The van der Waals surface area contributed by atoms with Gasteiger partial charge in [0.1, 0.15) is 16.0 Å². The average molecular weight is 481 g/mol. The number of nitriles is 1. The molecular weight excluding hydrogens is 467 g/mol. The molecule has 0 amide bonds. The van der Waals surface area contributed by atoms with Gasteiger partial charge >= 0.3 is 5.69 Å². The molecule has 0 atom stereocenters. The second kappa shape index (κ2) is 7.95. The Balaban J connectivity index is 1.87. The van der Waals surface area contributed by atoms with Crippen molar-refractivity contribution in [2.24, 2.45) is 7.05 Å². The van der Waals surface area contributed by atoms with Crippen LogP contribution in [0.4, 0.5) is 4.39 Å². The lowest BCUT2D eigenvalue weighted by atomic mass is 10.2. The molecule has 5 rings (SSSR count). The fourth-order valence-corrected chi connectivity index (χ4v) is 5.27. The summed E-state index contributed by atoms with van der Waals surface area (Å²) < 4.78 is 18.0. The highest BCUT2D eigenvalue weighted by Gasteiger charge is 2.21. The quantitative estimate of drug-likeness (QED) is 0.389. The smallest absolute Gasteiger partial charge is 0.332 e. The van der Waals surface area contributed by atoms with Gasteiger partial charge in [0.15, 0.2) is 0 Å². The van der Waals surface area contributed by atoms with Crippen molar-refractivity contribution in [2.45, 2.75) is 13.0 Å². The number of thiophene rings is 1. The second-order valence-electron chi connectivity index (χ2n) is 7.31. The number of halogens is 2. The van der Waals surface area contributed by atoms with Crippen LogP contribution in [0.3, 0.4) is 0 Å². The molecule has 0 radical (unpaired) electrons. The summed E-state index contributed by atoms with van der Waals surface area (Å²) in [5.74, 6) is -0.477. The maximum Gasteiger partial charge on any atom is 0.336 e. The molecule has 11 heteroatoms. The van der Waals surface area contributed by atoms with Gasteiger partial charge in [-0.05, 0) is 24.3 Å². The number of fused-ring (bicyclic) bond motifs is 2. The van der Waals surface area contributed by atoms with Crippen molar-refractivity contribution in [3.63, 3.8) is 0 Å². The zero-order valence-corrected chi connectivity index (χ0v) is 18.7. The summed E-state index contributed by atoms with van der Waals surface area (Å²) in [6.45, 7) is 0.0915. The summed E-state index contributed by atoms with van der Waals surface area (Å²) in [5.41, 5.74) is 1.23. The lowest BCUT2D eigenvalue weighted by Gasteiger charge is -2.12. The molecule has 5 aromatic rings. The Morgan fingerprint density at radius 1 is 1.24 bits per heavy atom. The number of hydrogen-bond acceptors (Lipinski definition) is 6. The third-order valence-corrected chi connectivity index (χ3v) is 6.77. The van der Waals surface area contributed by atoms with Gasteiger partial charge in [-0.1, -0.05) is 11.6 Å². The zero-order valence-electron chi connectivity index (χ0n) is 17.1. The molecule has 0 spiro atoms. The van der Waals surface area contributed by atoms with Gasteiger partial charge in [0.2, 0.25) is 0 Å². The van der Waals surface area contributed by atoms with Gasteiger partial charge in [-0.3, -0.25) is 14.3 Å². The second-order valence-corrected chi connectivity index (χ2v) is 8.77. The predicted molar refractivity (Wildman–Crippen MR) is 124 cm³/mol. The number of imidazole rings is 1. The largest absolute Gasteiger partial charge is 0.336 e. The SMILES string of the molecule is Cn1cnc2cncc(-n3c(=O)c4sc(-c5ccc(F)cc5Cl)cc4n(CCC#N)c3=O)c21. The highest BCUT2D eigenvalue weighted by molar-refractivity contribution is 7.22.